The van der Waals surface area contributed by atoms with Crippen LogP contribution in [0, 0.1) is 23.7 Å². The number of hydrogen-bond acceptors (Lipinski definition) is 5. The number of carbonyl (C=O) groups is 3. The molecular formula is C25H41NO5. The molecular weight excluding hydrogens is 394 g/mol. The van der Waals surface area contributed by atoms with Gasteiger partial charge in [-0.3, -0.25) is 14.5 Å². The molecule has 0 aromatic heterocycles. The summed E-state index contributed by atoms with van der Waals surface area (Å²) >= 11 is 0. The second-order valence-corrected chi connectivity index (χ2v) is 11.5. The summed E-state index contributed by atoms with van der Waals surface area (Å²) < 4.78 is 11.1. The first kappa shape index (κ1) is 25.4. The zero-order valence-corrected chi connectivity index (χ0v) is 20.8. The van der Waals surface area contributed by atoms with Crippen molar-refractivity contribution < 1.29 is 23.9 Å². The molecule has 0 saturated carbocycles. The van der Waals surface area contributed by atoms with Gasteiger partial charge in [0.15, 0.2) is 5.78 Å². The number of ketones is 1. The van der Waals surface area contributed by atoms with Gasteiger partial charge >= 0.3 is 12.1 Å². The topological polar surface area (TPSA) is 72.9 Å². The lowest BCUT2D eigenvalue weighted by Crippen LogP contribution is -2.47. The van der Waals surface area contributed by atoms with Crippen molar-refractivity contribution in [2.45, 2.75) is 98.8 Å². The Balaban J connectivity index is 2.37. The van der Waals surface area contributed by atoms with Gasteiger partial charge in [-0.15, -0.1) is 0 Å². The van der Waals surface area contributed by atoms with Crippen LogP contribution in [-0.2, 0) is 19.1 Å². The molecule has 4 atom stereocenters. The average molecular weight is 436 g/mol. The number of fused-ring (bicyclic) bond motifs is 1. The molecule has 0 radical (unpaired) electrons. The Morgan fingerprint density at radius 3 is 2.19 bits per heavy atom. The van der Waals surface area contributed by atoms with E-state index in [0.717, 1.165) is 12.8 Å². The Labute approximate surface area is 187 Å². The zero-order chi connectivity index (χ0) is 23.7. The van der Waals surface area contributed by atoms with E-state index in [4.69, 9.17) is 9.47 Å². The van der Waals surface area contributed by atoms with E-state index in [1.54, 1.807) is 4.90 Å². The van der Waals surface area contributed by atoms with Gasteiger partial charge in [0.2, 0.25) is 0 Å². The predicted octanol–water partition coefficient (Wildman–Crippen LogP) is 5.15. The highest BCUT2D eigenvalue weighted by Gasteiger charge is 2.48. The van der Waals surface area contributed by atoms with Crippen LogP contribution in [0.5, 0.6) is 0 Å². The van der Waals surface area contributed by atoms with Crippen molar-refractivity contribution in [2.75, 3.05) is 6.54 Å². The third-order valence-electron chi connectivity index (χ3n) is 5.80. The predicted molar refractivity (Wildman–Crippen MR) is 120 cm³/mol. The molecule has 6 heteroatoms. The van der Waals surface area contributed by atoms with E-state index in [2.05, 4.69) is 19.9 Å². The molecule has 0 aromatic carbocycles. The quantitative estimate of drug-likeness (QED) is 0.451. The molecule has 0 spiro atoms. The lowest BCUT2D eigenvalue weighted by atomic mass is 9.80. The minimum atomic E-state index is -0.634. The van der Waals surface area contributed by atoms with E-state index in [1.165, 1.54) is 5.57 Å². The second kappa shape index (κ2) is 9.33. The number of carbonyl (C=O) groups excluding carboxylic acids is 3. The molecule has 0 N–H and O–H groups in total. The molecule has 6 nitrogen and oxygen atoms in total. The molecule has 1 aliphatic heterocycles. The SMILES string of the molecule is CC(C)CC1=C[C@H]2CCN(C(=O)OC(C)(C)C)[C@@H]2C(=O)C(CC(=O)OC(C)(C)C)[C@@H]1C. The van der Waals surface area contributed by atoms with Crippen molar-refractivity contribution in [1.82, 2.24) is 4.90 Å². The normalized spacial score (nSPS) is 27.0. The second-order valence-electron chi connectivity index (χ2n) is 11.5. The van der Waals surface area contributed by atoms with Crippen LogP contribution in [0.1, 0.15) is 81.6 Å². The maximum absolute atomic E-state index is 13.8. The van der Waals surface area contributed by atoms with Crippen LogP contribution in [0.15, 0.2) is 11.6 Å². The standard InChI is InChI=1S/C25H41NO5/c1-15(2)12-18-13-17-10-11-26(23(29)31-25(7,8)9)21(17)22(28)19(16(18)3)14-20(27)30-24(4,5)6/h13,15-17,19,21H,10-12,14H2,1-9H3/t16-,17-,19?,21+/m1/s1. The lowest BCUT2D eigenvalue weighted by molar-refractivity contribution is -0.158. The Hall–Kier alpha value is -1.85. The van der Waals surface area contributed by atoms with Crippen LogP contribution in [0.25, 0.3) is 0 Å². The third kappa shape index (κ3) is 6.81. The van der Waals surface area contributed by atoms with E-state index in [-0.39, 0.29) is 30.0 Å². The highest BCUT2D eigenvalue weighted by Crippen LogP contribution is 2.41. The van der Waals surface area contributed by atoms with E-state index in [9.17, 15) is 14.4 Å². The molecule has 1 saturated heterocycles. The summed E-state index contributed by atoms with van der Waals surface area (Å²) in [5.41, 5.74) is -0.0380. The Kier molecular flexibility index (Phi) is 7.65. The zero-order valence-electron chi connectivity index (χ0n) is 20.8. The van der Waals surface area contributed by atoms with Crippen LogP contribution >= 0.6 is 0 Å². The van der Waals surface area contributed by atoms with Gasteiger partial charge in [0.1, 0.15) is 17.2 Å². The molecule has 0 aromatic rings. The number of Topliss-reactive ketones (excluding diaryl/α,β-unsaturated/α-hetero) is 1. The highest BCUT2D eigenvalue weighted by atomic mass is 16.6. The van der Waals surface area contributed by atoms with Gasteiger partial charge in [-0.25, -0.2) is 4.79 Å². The summed E-state index contributed by atoms with van der Waals surface area (Å²) in [6.07, 6.45) is 3.36. The van der Waals surface area contributed by atoms with Crippen molar-refractivity contribution in [3.8, 4) is 0 Å². The van der Waals surface area contributed by atoms with Crippen LogP contribution in [0.4, 0.5) is 4.79 Å². The van der Waals surface area contributed by atoms with Gasteiger partial charge in [-0.05, 0) is 66.2 Å². The van der Waals surface area contributed by atoms with E-state index in [0.29, 0.717) is 12.5 Å². The summed E-state index contributed by atoms with van der Waals surface area (Å²) in [4.78, 5) is 40.9. The molecule has 31 heavy (non-hydrogen) atoms. The molecule has 176 valence electrons. The number of amides is 1. The number of rotatable bonds is 4. The number of nitrogens with zero attached hydrogens (tertiary/aromatic N) is 1. The fraction of sp³-hybridized carbons (Fsp3) is 0.800. The molecule has 2 aliphatic rings. The van der Waals surface area contributed by atoms with Crippen LogP contribution in [0.3, 0.4) is 0 Å². The molecule has 1 unspecified atom stereocenters. The monoisotopic (exact) mass is 435 g/mol. The van der Waals surface area contributed by atoms with Gasteiger partial charge in [-0.2, -0.15) is 0 Å². The first-order valence-electron chi connectivity index (χ1n) is 11.5. The van der Waals surface area contributed by atoms with E-state index >= 15 is 0 Å². The number of allylic oxidation sites excluding steroid dienone is 1. The van der Waals surface area contributed by atoms with Gasteiger partial charge in [0.05, 0.1) is 6.42 Å². The minimum Gasteiger partial charge on any atom is -0.460 e. The molecule has 1 heterocycles. The van der Waals surface area contributed by atoms with Gasteiger partial charge < -0.3 is 9.47 Å². The first-order valence-corrected chi connectivity index (χ1v) is 11.5. The summed E-state index contributed by atoms with van der Waals surface area (Å²) in [6, 6.07) is -0.589. The number of hydrogen-bond donors (Lipinski definition) is 0. The number of likely N-dealkylation sites (tertiary alicyclic amines) is 1. The summed E-state index contributed by atoms with van der Waals surface area (Å²) in [7, 11) is 0. The van der Waals surface area contributed by atoms with Crippen LogP contribution in [-0.4, -0.2) is 46.5 Å². The lowest BCUT2D eigenvalue weighted by Gasteiger charge is -2.31. The molecule has 1 amide bonds. The van der Waals surface area contributed by atoms with Gasteiger partial charge in [0, 0.05) is 18.4 Å². The van der Waals surface area contributed by atoms with Crippen molar-refractivity contribution in [1.29, 1.82) is 0 Å². The fourth-order valence-corrected chi connectivity index (χ4v) is 4.60. The van der Waals surface area contributed by atoms with Crippen molar-refractivity contribution in [3.63, 3.8) is 0 Å². The Bertz CT molecular complexity index is 725. The molecule has 1 fully saturated rings. The fourth-order valence-electron chi connectivity index (χ4n) is 4.60. The average Bonchev–Trinajstić information content (AvgIpc) is 2.94. The first-order chi connectivity index (χ1) is 14.1. The Morgan fingerprint density at radius 2 is 1.68 bits per heavy atom. The summed E-state index contributed by atoms with van der Waals surface area (Å²) in [6.45, 7) is 17.8. The van der Waals surface area contributed by atoms with Gasteiger partial charge in [0.25, 0.3) is 0 Å². The largest absolute Gasteiger partial charge is 0.460 e. The van der Waals surface area contributed by atoms with Crippen molar-refractivity contribution in [2.24, 2.45) is 23.7 Å². The highest BCUT2D eigenvalue weighted by molar-refractivity contribution is 5.93. The molecule has 2 rings (SSSR count). The van der Waals surface area contributed by atoms with Crippen molar-refractivity contribution in [3.05, 3.63) is 11.6 Å². The molecule has 1 aliphatic carbocycles. The maximum atomic E-state index is 13.8. The van der Waals surface area contributed by atoms with Crippen LogP contribution in [0.2, 0.25) is 0 Å². The van der Waals surface area contributed by atoms with Crippen molar-refractivity contribution >= 4 is 17.8 Å². The maximum Gasteiger partial charge on any atom is 0.410 e. The summed E-state index contributed by atoms with van der Waals surface area (Å²) in [5, 5.41) is 0. The Morgan fingerprint density at radius 1 is 1.10 bits per heavy atom. The smallest absolute Gasteiger partial charge is 0.410 e. The van der Waals surface area contributed by atoms with Crippen LogP contribution < -0.4 is 0 Å². The molecule has 0 bridgehead atoms. The summed E-state index contributed by atoms with van der Waals surface area (Å²) in [5.74, 6) is -0.624. The van der Waals surface area contributed by atoms with E-state index in [1.807, 2.05) is 48.5 Å². The van der Waals surface area contributed by atoms with Gasteiger partial charge in [-0.1, -0.05) is 32.4 Å². The van der Waals surface area contributed by atoms with E-state index < -0.39 is 29.3 Å². The number of esters is 1. The minimum absolute atomic E-state index is 0.0259. The third-order valence-corrected chi connectivity index (χ3v) is 5.80. The number of ether oxygens (including phenoxy) is 2.